The van der Waals surface area contributed by atoms with Gasteiger partial charge in [0, 0.05) is 38.1 Å². The Morgan fingerprint density at radius 1 is 1.16 bits per heavy atom. The average Bonchev–Trinajstić information content (AvgIpc) is 3.29. The van der Waals surface area contributed by atoms with Gasteiger partial charge in [0.25, 0.3) is 0 Å². The zero-order valence-corrected chi connectivity index (χ0v) is 18.7. The van der Waals surface area contributed by atoms with Crippen LogP contribution >= 0.6 is 11.8 Å². The van der Waals surface area contributed by atoms with Crippen molar-refractivity contribution in [1.82, 2.24) is 24.5 Å². The summed E-state index contributed by atoms with van der Waals surface area (Å²) in [7, 11) is 1.84. The quantitative estimate of drug-likeness (QED) is 0.489. The number of thioether (sulfide) groups is 1. The molecule has 3 aromatic rings. The topological polar surface area (TPSA) is 116 Å². The lowest BCUT2D eigenvalue weighted by Gasteiger charge is -2.08. The SMILES string of the molecule is CCOc1nn(CC)cc1-c1nnc(SCC(=O)Nc2cccc(NC(C)=O)c2)n1C. The number of hydrogen-bond acceptors (Lipinski definition) is 7. The summed E-state index contributed by atoms with van der Waals surface area (Å²) in [5.74, 6) is 0.919. The number of rotatable bonds is 9. The molecule has 164 valence electrons. The van der Waals surface area contributed by atoms with Crippen molar-refractivity contribution in [3.63, 3.8) is 0 Å². The average molecular weight is 444 g/mol. The van der Waals surface area contributed by atoms with E-state index in [9.17, 15) is 9.59 Å². The maximum atomic E-state index is 12.4. The number of ether oxygens (including phenoxy) is 1. The summed E-state index contributed by atoms with van der Waals surface area (Å²) in [5, 5.41) is 19.0. The normalized spacial score (nSPS) is 10.7. The van der Waals surface area contributed by atoms with Gasteiger partial charge < -0.3 is 19.9 Å². The van der Waals surface area contributed by atoms with E-state index in [4.69, 9.17) is 4.74 Å². The minimum Gasteiger partial charge on any atom is -0.476 e. The van der Waals surface area contributed by atoms with Gasteiger partial charge in [-0.3, -0.25) is 14.3 Å². The minimum absolute atomic E-state index is 0.156. The molecule has 0 atom stereocenters. The van der Waals surface area contributed by atoms with Crippen LogP contribution in [-0.2, 0) is 23.2 Å². The van der Waals surface area contributed by atoms with E-state index in [0.29, 0.717) is 41.4 Å². The highest BCUT2D eigenvalue weighted by molar-refractivity contribution is 7.99. The van der Waals surface area contributed by atoms with Crippen molar-refractivity contribution in [2.75, 3.05) is 23.0 Å². The van der Waals surface area contributed by atoms with Gasteiger partial charge in [0.1, 0.15) is 5.56 Å². The number of amides is 2. The van der Waals surface area contributed by atoms with Crippen LogP contribution in [0.4, 0.5) is 11.4 Å². The first kappa shape index (κ1) is 22.3. The number of nitrogens with zero attached hydrogens (tertiary/aromatic N) is 5. The molecule has 2 amide bonds. The molecule has 2 heterocycles. The maximum Gasteiger partial charge on any atom is 0.243 e. The summed E-state index contributed by atoms with van der Waals surface area (Å²) in [6.07, 6.45) is 1.87. The van der Waals surface area contributed by atoms with Crippen LogP contribution < -0.4 is 15.4 Å². The summed E-state index contributed by atoms with van der Waals surface area (Å²) >= 11 is 1.28. The van der Waals surface area contributed by atoms with Crippen molar-refractivity contribution in [2.45, 2.75) is 32.5 Å². The molecule has 2 N–H and O–H groups in total. The molecule has 0 unspecified atom stereocenters. The monoisotopic (exact) mass is 443 g/mol. The highest BCUT2D eigenvalue weighted by Gasteiger charge is 2.19. The van der Waals surface area contributed by atoms with Gasteiger partial charge in [-0.25, -0.2) is 0 Å². The molecular formula is C20H25N7O3S. The number of nitrogens with one attached hydrogen (secondary N) is 2. The van der Waals surface area contributed by atoms with E-state index in [1.54, 1.807) is 28.9 Å². The van der Waals surface area contributed by atoms with E-state index in [1.807, 2.05) is 31.7 Å². The molecule has 0 aliphatic carbocycles. The molecule has 0 bridgehead atoms. The Morgan fingerprint density at radius 2 is 1.90 bits per heavy atom. The van der Waals surface area contributed by atoms with E-state index < -0.39 is 0 Å². The van der Waals surface area contributed by atoms with Crippen LogP contribution in [0, 0.1) is 0 Å². The minimum atomic E-state index is -0.191. The molecule has 31 heavy (non-hydrogen) atoms. The van der Waals surface area contributed by atoms with E-state index >= 15 is 0 Å². The summed E-state index contributed by atoms with van der Waals surface area (Å²) in [4.78, 5) is 23.6. The molecule has 10 nitrogen and oxygen atoms in total. The summed E-state index contributed by atoms with van der Waals surface area (Å²) in [5.41, 5.74) is 1.97. The number of benzene rings is 1. The third-order valence-electron chi connectivity index (χ3n) is 4.21. The van der Waals surface area contributed by atoms with Crippen LogP contribution in [0.1, 0.15) is 20.8 Å². The largest absolute Gasteiger partial charge is 0.476 e. The number of hydrogen-bond donors (Lipinski definition) is 2. The standard InChI is InChI=1S/C20H25N7O3S/c1-5-27-11-16(19(25-27)30-6-2)18-23-24-20(26(18)4)31-12-17(29)22-15-9-7-8-14(10-15)21-13(3)28/h7-11H,5-6,12H2,1-4H3,(H,21,28)(H,22,29). The van der Waals surface area contributed by atoms with Gasteiger partial charge in [-0.15, -0.1) is 15.3 Å². The lowest BCUT2D eigenvalue weighted by atomic mass is 10.2. The molecule has 0 spiro atoms. The number of aryl methyl sites for hydroxylation is 1. The predicted molar refractivity (Wildman–Crippen MR) is 119 cm³/mol. The van der Waals surface area contributed by atoms with Crippen LogP contribution in [0.2, 0.25) is 0 Å². The fourth-order valence-electron chi connectivity index (χ4n) is 2.84. The van der Waals surface area contributed by atoms with Crippen LogP contribution in [0.3, 0.4) is 0 Å². The van der Waals surface area contributed by atoms with Gasteiger partial charge in [-0.2, -0.15) is 0 Å². The lowest BCUT2D eigenvalue weighted by molar-refractivity contribution is -0.114. The van der Waals surface area contributed by atoms with E-state index in [1.165, 1.54) is 18.7 Å². The fourth-order valence-corrected chi connectivity index (χ4v) is 3.55. The molecular weight excluding hydrogens is 418 g/mol. The second kappa shape index (κ2) is 10.1. The Labute approximate surface area is 184 Å². The molecule has 11 heteroatoms. The summed E-state index contributed by atoms with van der Waals surface area (Å²) in [6, 6.07) is 6.97. The van der Waals surface area contributed by atoms with Crippen LogP contribution in [0.5, 0.6) is 5.88 Å². The van der Waals surface area contributed by atoms with Crippen molar-refractivity contribution >= 4 is 35.0 Å². The van der Waals surface area contributed by atoms with E-state index in [0.717, 1.165) is 5.56 Å². The fraction of sp³-hybridized carbons (Fsp3) is 0.350. The Hall–Kier alpha value is -3.34. The molecule has 1 aromatic carbocycles. The van der Waals surface area contributed by atoms with Crippen molar-refractivity contribution in [3.8, 4) is 17.3 Å². The molecule has 3 rings (SSSR count). The van der Waals surface area contributed by atoms with Crippen LogP contribution in [0.25, 0.3) is 11.4 Å². The highest BCUT2D eigenvalue weighted by atomic mass is 32.2. The van der Waals surface area contributed by atoms with Gasteiger partial charge >= 0.3 is 0 Å². The Kier molecular flexibility index (Phi) is 7.29. The molecule has 0 radical (unpaired) electrons. The van der Waals surface area contributed by atoms with Crippen molar-refractivity contribution in [2.24, 2.45) is 7.05 Å². The van der Waals surface area contributed by atoms with Gasteiger partial charge in [0.2, 0.25) is 17.7 Å². The molecule has 0 fully saturated rings. The van der Waals surface area contributed by atoms with Crippen LogP contribution in [0.15, 0.2) is 35.6 Å². The summed E-state index contributed by atoms with van der Waals surface area (Å²) < 4.78 is 9.22. The molecule has 0 saturated carbocycles. The first-order chi connectivity index (χ1) is 14.9. The Balaban J connectivity index is 1.66. The highest BCUT2D eigenvalue weighted by Crippen LogP contribution is 2.29. The van der Waals surface area contributed by atoms with Crippen molar-refractivity contribution < 1.29 is 14.3 Å². The van der Waals surface area contributed by atoms with Gasteiger partial charge in [0.15, 0.2) is 11.0 Å². The third kappa shape index (κ3) is 5.63. The molecule has 0 saturated heterocycles. The van der Waals surface area contributed by atoms with Gasteiger partial charge in [-0.1, -0.05) is 17.8 Å². The second-order valence-electron chi connectivity index (χ2n) is 6.60. The summed E-state index contributed by atoms with van der Waals surface area (Å²) in [6.45, 7) is 6.53. The number of carbonyl (C=O) groups is 2. The van der Waals surface area contributed by atoms with Crippen molar-refractivity contribution in [1.29, 1.82) is 0 Å². The van der Waals surface area contributed by atoms with Crippen LogP contribution in [-0.4, -0.2) is 48.7 Å². The molecule has 0 aliphatic rings. The Morgan fingerprint density at radius 3 is 2.58 bits per heavy atom. The molecule has 2 aromatic heterocycles. The second-order valence-corrected chi connectivity index (χ2v) is 7.54. The zero-order valence-electron chi connectivity index (χ0n) is 17.9. The predicted octanol–water partition coefficient (Wildman–Crippen LogP) is 2.79. The van der Waals surface area contributed by atoms with Gasteiger partial charge in [0.05, 0.1) is 12.4 Å². The number of anilines is 2. The number of carbonyl (C=O) groups excluding carboxylic acids is 2. The zero-order chi connectivity index (χ0) is 22.4. The smallest absolute Gasteiger partial charge is 0.243 e. The van der Waals surface area contributed by atoms with E-state index in [-0.39, 0.29) is 17.6 Å². The lowest BCUT2D eigenvalue weighted by Crippen LogP contribution is -2.15. The van der Waals surface area contributed by atoms with Crippen molar-refractivity contribution in [3.05, 3.63) is 30.5 Å². The van der Waals surface area contributed by atoms with E-state index in [2.05, 4.69) is 25.9 Å². The third-order valence-corrected chi connectivity index (χ3v) is 5.23. The van der Waals surface area contributed by atoms with Gasteiger partial charge in [-0.05, 0) is 32.0 Å². The maximum absolute atomic E-state index is 12.4. The first-order valence-electron chi connectivity index (χ1n) is 9.81. The molecule has 0 aliphatic heterocycles. The first-order valence-corrected chi connectivity index (χ1v) is 10.8. The number of aromatic nitrogens is 5. The Bertz CT molecular complexity index is 1080.